The van der Waals surface area contributed by atoms with Gasteiger partial charge in [-0.2, -0.15) is 5.26 Å². The number of benzene rings is 10. The largest absolute Gasteiger partial charge is 0.454 e. The molecule has 0 radical (unpaired) electrons. The summed E-state index contributed by atoms with van der Waals surface area (Å²) in [4.78, 5) is 8.94. The SMILES string of the molecule is [C-]#[N+]c1cc(-c2ccccc2)cc(N(c2ccc3ccc4c(N(c5cccc6c5oc5ccccc56)C5CC(C#N)CC(C6CCCCC6)C5)ccc5ccc2c3c54)c2cccc3c2oc2ccccc23)c1. The van der Waals surface area contributed by atoms with Gasteiger partial charge in [0, 0.05) is 55.7 Å². The molecule has 3 unspecified atom stereocenters. The second-order valence-corrected chi connectivity index (χ2v) is 20.4. The maximum Gasteiger partial charge on any atom is 0.189 e. The zero-order valence-corrected chi connectivity index (χ0v) is 39.9. The number of nitrogens with zero attached hydrogens (tertiary/aromatic N) is 4. The highest BCUT2D eigenvalue weighted by molar-refractivity contribution is 6.28. The fourth-order valence-electron chi connectivity index (χ4n) is 13.2. The van der Waals surface area contributed by atoms with Gasteiger partial charge >= 0.3 is 0 Å². The van der Waals surface area contributed by atoms with Crippen molar-refractivity contribution < 1.29 is 8.83 Å². The van der Waals surface area contributed by atoms with Crippen molar-refractivity contribution in [1.29, 1.82) is 5.26 Å². The van der Waals surface area contributed by atoms with Gasteiger partial charge in [0.05, 0.1) is 29.7 Å². The van der Waals surface area contributed by atoms with Crippen molar-refractivity contribution in [3.05, 3.63) is 193 Å². The number of hydrogen-bond donors (Lipinski definition) is 0. The highest BCUT2D eigenvalue weighted by atomic mass is 16.3. The van der Waals surface area contributed by atoms with Crippen LogP contribution in [0.2, 0.25) is 0 Å². The van der Waals surface area contributed by atoms with Crippen LogP contribution >= 0.6 is 0 Å². The van der Waals surface area contributed by atoms with Crippen molar-refractivity contribution in [2.75, 3.05) is 9.80 Å². The molecule has 72 heavy (non-hydrogen) atoms. The van der Waals surface area contributed by atoms with E-state index >= 15 is 0 Å². The van der Waals surface area contributed by atoms with Crippen LogP contribution in [0.25, 0.3) is 92.2 Å². The molecule has 346 valence electrons. The number of hydrogen-bond acceptors (Lipinski definition) is 5. The van der Waals surface area contributed by atoms with E-state index in [2.05, 4.69) is 154 Å². The van der Waals surface area contributed by atoms with Gasteiger partial charge in [0.2, 0.25) is 0 Å². The average molecular weight is 931 g/mol. The van der Waals surface area contributed by atoms with Gasteiger partial charge < -0.3 is 18.6 Å². The Morgan fingerprint density at radius 3 is 1.76 bits per heavy atom. The summed E-state index contributed by atoms with van der Waals surface area (Å²) in [5.41, 5.74) is 10.9. The summed E-state index contributed by atoms with van der Waals surface area (Å²) in [6, 6.07) is 67.3. The molecule has 6 nitrogen and oxygen atoms in total. The third kappa shape index (κ3) is 6.81. The smallest absolute Gasteiger partial charge is 0.189 e. The molecule has 0 amide bonds. The van der Waals surface area contributed by atoms with E-state index in [0.29, 0.717) is 17.5 Å². The molecule has 0 aliphatic heterocycles. The first kappa shape index (κ1) is 42.3. The molecule has 2 fully saturated rings. The second-order valence-electron chi connectivity index (χ2n) is 20.4. The summed E-state index contributed by atoms with van der Waals surface area (Å²) in [6.07, 6.45) is 9.20. The summed E-state index contributed by atoms with van der Waals surface area (Å²) in [5, 5.41) is 22.0. The molecular formula is C66H50N4O2. The zero-order valence-electron chi connectivity index (χ0n) is 39.9. The van der Waals surface area contributed by atoms with E-state index in [1.807, 2.05) is 48.5 Å². The van der Waals surface area contributed by atoms with Crippen molar-refractivity contribution in [2.24, 2.45) is 17.8 Å². The Labute approximate surface area is 418 Å². The molecule has 10 aromatic carbocycles. The van der Waals surface area contributed by atoms with Crippen molar-refractivity contribution in [3.63, 3.8) is 0 Å². The Morgan fingerprint density at radius 2 is 1.08 bits per heavy atom. The quantitative estimate of drug-likeness (QED) is 0.112. The van der Waals surface area contributed by atoms with Crippen LogP contribution in [0.5, 0.6) is 0 Å². The number of fused-ring (bicyclic) bond motifs is 6. The highest BCUT2D eigenvalue weighted by Crippen LogP contribution is 2.52. The molecule has 0 saturated heterocycles. The van der Waals surface area contributed by atoms with Crippen LogP contribution in [-0.4, -0.2) is 6.04 Å². The number of nitriles is 1. The summed E-state index contributed by atoms with van der Waals surface area (Å²) in [5.74, 6) is 1.11. The van der Waals surface area contributed by atoms with E-state index in [0.717, 1.165) is 124 Å². The lowest BCUT2D eigenvalue weighted by atomic mass is 9.69. The van der Waals surface area contributed by atoms with E-state index < -0.39 is 0 Å². The Morgan fingerprint density at radius 1 is 0.486 bits per heavy atom. The number of furan rings is 2. The minimum atomic E-state index is -0.0265. The van der Waals surface area contributed by atoms with Crippen LogP contribution in [-0.2, 0) is 0 Å². The lowest BCUT2D eigenvalue weighted by Crippen LogP contribution is -2.40. The fourth-order valence-corrected chi connectivity index (χ4v) is 13.2. The first-order valence-electron chi connectivity index (χ1n) is 25.7. The van der Waals surface area contributed by atoms with Crippen LogP contribution in [0.15, 0.2) is 191 Å². The maximum absolute atomic E-state index is 10.8. The average Bonchev–Trinajstić information content (AvgIpc) is 4.03. The van der Waals surface area contributed by atoms with Crippen molar-refractivity contribution >= 4 is 110 Å². The van der Waals surface area contributed by atoms with Gasteiger partial charge in [0.15, 0.2) is 16.9 Å². The van der Waals surface area contributed by atoms with Crippen LogP contribution in [0.4, 0.5) is 34.1 Å². The molecule has 0 N–H and O–H groups in total. The summed E-state index contributed by atoms with van der Waals surface area (Å²) in [7, 11) is 0. The maximum atomic E-state index is 10.8. The van der Waals surface area contributed by atoms with Gasteiger partial charge in [-0.05, 0) is 118 Å². The topological polar surface area (TPSA) is 60.9 Å². The second kappa shape index (κ2) is 17.1. The number of anilines is 5. The van der Waals surface area contributed by atoms with Gasteiger partial charge in [-0.15, -0.1) is 0 Å². The standard InChI is InChI=1S/C66H50N4O2/c1-68-48-36-47(43-16-6-3-7-17-43)38-50(39-48)70(60-23-13-21-54-52-19-9-11-25-62(52)72-66(54)60)58-33-29-45-26-30-55-57(32-28-44-27-31-56(58)64(45)63(44)55)69(49-35-41(40-67)34-46(37-49)42-14-4-2-5-15-42)59-22-12-20-53-51-18-8-10-24-61(51)71-65(53)59/h3,6-13,16-33,36,38-39,41-42,46,49H,2,4-5,14-15,34-35,37H2. The van der Waals surface area contributed by atoms with Crippen LogP contribution in [0, 0.1) is 35.7 Å². The number of para-hydroxylation sites is 4. The van der Waals surface area contributed by atoms with Gasteiger partial charge in [0.25, 0.3) is 0 Å². The minimum absolute atomic E-state index is 0.0265. The van der Waals surface area contributed by atoms with E-state index in [1.165, 1.54) is 42.9 Å². The van der Waals surface area contributed by atoms with Gasteiger partial charge in [-0.3, -0.25) is 0 Å². The molecule has 2 aliphatic rings. The summed E-state index contributed by atoms with van der Waals surface area (Å²) >= 11 is 0. The predicted molar refractivity (Wildman–Crippen MR) is 296 cm³/mol. The molecule has 2 aromatic heterocycles. The Bertz CT molecular complexity index is 4150. The fraction of sp³-hybridized carbons (Fsp3) is 0.182. The monoisotopic (exact) mass is 930 g/mol. The molecule has 2 aliphatic carbocycles. The van der Waals surface area contributed by atoms with Crippen LogP contribution in [0.1, 0.15) is 51.4 Å². The molecule has 0 spiro atoms. The molecule has 2 heterocycles. The Hall–Kier alpha value is -8.58. The molecule has 3 atom stereocenters. The first-order chi connectivity index (χ1) is 35.6. The van der Waals surface area contributed by atoms with Gasteiger partial charge in [-0.25, -0.2) is 4.85 Å². The minimum Gasteiger partial charge on any atom is -0.454 e. The van der Waals surface area contributed by atoms with E-state index in [1.54, 1.807) is 0 Å². The van der Waals surface area contributed by atoms with E-state index in [4.69, 9.17) is 15.4 Å². The summed E-state index contributed by atoms with van der Waals surface area (Å²) in [6.45, 7) is 8.34. The highest BCUT2D eigenvalue weighted by Gasteiger charge is 2.38. The first-order valence-corrected chi connectivity index (χ1v) is 25.7. The van der Waals surface area contributed by atoms with Crippen molar-refractivity contribution in [3.8, 4) is 17.2 Å². The van der Waals surface area contributed by atoms with Crippen LogP contribution < -0.4 is 9.80 Å². The van der Waals surface area contributed by atoms with E-state index in [9.17, 15) is 5.26 Å². The molecule has 0 bridgehead atoms. The normalized spacial score (nSPS) is 17.6. The van der Waals surface area contributed by atoms with Crippen molar-refractivity contribution in [2.45, 2.75) is 57.4 Å². The lowest BCUT2D eigenvalue weighted by molar-refractivity contribution is 0.163. The Kier molecular flexibility index (Phi) is 10.0. The summed E-state index contributed by atoms with van der Waals surface area (Å²) < 4.78 is 13.7. The third-order valence-electron chi connectivity index (χ3n) is 16.4. The molecule has 6 heteroatoms. The molecule has 2 saturated carbocycles. The Balaban J connectivity index is 1.02. The molecule has 12 aromatic rings. The van der Waals surface area contributed by atoms with Crippen LogP contribution in [0.3, 0.4) is 0 Å². The predicted octanol–water partition coefficient (Wildman–Crippen LogP) is 19.1. The van der Waals surface area contributed by atoms with Gasteiger partial charge in [-0.1, -0.05) is 159 Å². The van der Waals surface area contributed by atoms with Gasteiger partial charge in [0.1, 0.15) is 11.2 Å². The third-order valence-corrected chi connectivity index (χ3v) is 16.4. The zero-order chi connectivity index (χ0) is 47.9. The molecular weight excluding hydrogens is 881 g/mol. The van der Waals surface area contributed by atoms with E-state index in [-0.39, 0.29) is 12.0 Å². The molecule has 14 rings (SSSR count). The lowest BCUT2D eigenvalue weighted by Gasteiger charge is -2.44. The number of rotatable bonds is 8. The van der Waals surface area contributed by atoms with Crippen molar-refractivity contribution in [1.82, 2.24) is 0 Å².